The number of fused-ring (bicyclic) bond motifs is 5. The number of aliphatic carboxylic acids is 1. The van der Waals surface area contributed by atoms with E-state index in [4.69, 9.17) is 4.74 Å². The van der Waals surface area contributed by atoms with Gasteiger partial charge in [-0.3, -0.25) is 0 Å². The lowest BCUT2D eigenvalue weighted by Crippen LogP contribution is -2.72. The molecule has 0 aromatic carbocycles. The van der Waals surface area contributed by atoms with E-state index in [-0.39, 0.29) is 49.6 Å². The van der Waals surface area contributed by atoms with Crippen molar-refractivity contribution in [2.75, 3.05) is 6.61 Å². The molecule has 0 spiro atoms. The van der Waals surface area contributed by atoms with Crippen molar-refractivity contribution in [1.29, 1.82) is 0 Å². The molecule has 4 fully saturated rings. The molecule has 0 bridgehead atoms. The summed E-state index contributed by atoms with van der Waals surface area (Å²) < 4.78 is 5.13. The number of ether oxygens (including phenoxy) is 1. The number of aliphatic hydroxyl groups is 3. The lowest BCUT2D eigenvalue weighted by Gasteiger charge is -2.67. The number of aliphatic hydroxyl groups excluding tert-OH is 1. The zero-order valence-corrected chi connectivity index (χ0v) is 17.4. The summed E-state index contributed by atoms with van der Waals surface area (Å²) >= 11 is 0. The van der Waals surface area contributed by atoms with Crippen LogP contribution < -0.4 is 5.11 Å². The highest BCUT2D eigenvalue weighted by molar-refractivity contribution is 5.85. The summed E-state index contributed by atoms with van der Waals surface area (Å²) in [6.07, 6.45) is 4.64. The highest BCUT2D eigenvalue weighted by Crippen LogP contribution is 2.70. The minimum absolute atomic E-state index is 0.0304. The maximum atomic E-state index is 12.6. The van der Waals surface area contributed by atoms with Crippen LogP contribution in [0.5, 0.6) is 0 Å². The van der Waals surface area contributed by atoms with Crippen LogP contribution in [0.4, 0.5) is 0 Å². The van der Waals surface area contributed by atoms with Crippen LogP contribution in [0.15, 0.2) is 11.6 Å². The number of rotatable bonds is 2. The van der Waals surface area contributed by atoms with E-state index in [0.29, 0.717) is 32.1 Å². The second kappa shape index (κ2) is 6.30. The second-order valence-corrected chi connectivity index (χ2v) is 10.7. The third kappa shape index (κ3) is 2.32. The first-order valence-electron chi connectivity index (χ1n) is 11.3. The largest absolute Gasteiger partial charge is 0.549 e. The van der Waals surface area contributed by atoms with Gasteiger partial charge >= 0.3 is 5.97 Å². The molecule has 5 aliphatic rings. The number of carboxylic acids is 1. The van der Waals surface area contributed by atoms with Gasteiger partial charge in [0.1, 0.15) is 6.61 Å². The average Bonchev–Trinajstić information content (AvgIpc) is 3.21. The smallest absolute Gasteiger partial charge is 0.331 e. The maximum Gasteiger partial charge on any atom is 0.331 e. The lowest BCUT2D eigenvalue weighted by atomic mass is 9.41. The Labute approximate surface area is 176 Å². The van der Waals surface area contributed by atoms with Crippen LogP contribution in [-0.2, 0) is 14.3 Å². The topological polar surface area (TPSA) is 127 Å². The van der Waals surface area contributed by atoms with Crippen LogP contribution in [0, 0.1) is 28.6 Å². The zero-order chi connectivity index (χ0) is 21.5. The van der Waals surface area contributed by atoms with Gasteiger partial charge in [0, 0.05) is 23.3 Å². The third-order valence-corrected chi connectivity index (χ3v) is 9.92. The van der Waals surface area contributed by atoms with Crippen molar-refractivity contribution in [2.45, 2.75) is 82.0 Å². The van der Waals surface area contributed by atoms with Gasteiger partial charge in [-0.25, -0.2) is 4.79 Å². The molecule has 8 atom stereocenters. The van der Waals surface area contributed by atoms with Gasteiger partial charge in [0.2, 0.25) is 0 Å². The molecule has 30 heavy (non-hydrogen) atoms. The van der Waals surface area contributed by atoms with Gasteiger partial charge in [-0.15, -0.1) is 0 Å². The van der Waals surface area contributed by atoms with E-state index in [1.807, 2.05) is 0 Å². The fourth-order valence-corrected chi connectivity index (χ4v) is 8.47. The Morgan fingerprint density at radius 1 is 1.10 bits per heavy atom. The Morgan fingerprint density at radius 2 is 1.83 bits per heavy atom. The van der Waals surface area contributed by atoms with Gasteiger partial charge in [0.15, 0.2) is 0 Å². The van der Waals surface area contributed by atoms with E-state index < -0.39 is 34.1 Å². The standard InChI is InChI=1S/C23H32O7/c1-20-6-3-16-17(23(20,29)9-5-15(20)13-10-18(25)30-12-13)4-7-21(28)11-14(24)2-8-22(16,21)19(26)27/h10,14-17,24,28-29H,2-9,11-12H2,1H3,(H,26,27)/p-1/t14-,15-,16-,17+,20+,21+,22+,23+/m0/s1. The molecule has 0 radical (unpaired) electrons. The summed E-state index contributed by atoms with van der Waals surface area (Å²) in [4.78, 5) is 24.2. The van der Waals surface area contributed by atoms with Gasteiger partial charge in [-0.05, 0) is 74.7 Å². The van der Waals surface area contributed by atoms with E-state index in [2.05, 4.69) is 6.92 Å². The predicted octanol–water partition coefficient (Wildman–Crippen LogP) is 0.449. The van der Waals surface area contributed by atoms with Crippen LogP contribution in [-0.4, -0.2) is 51.2 Å². The van der Waals surface area contributed by atoms with Crippen molar-refractivity contribution >= 4 is 11.9 Å². The van der Waals surface area contributed by atoms with Gasteiger partial charge in [-0.2, -0.15) is 0 Å². The normalized spacial score (nSPS) is 52.7. The summed E-state index contributed by atoms with van der Waals surface area (Å²) in [7, 11) is 0. The molecule has 5 rings (SSSR count). The molecule has 4 saturated carbocycles. The van der Waals surface area contributed by atoms with Crippen molar-refractivity contribution in [3.05, 3.63) is 11.6 Å². The van der Waals surface area contributed by atoms with E-state index in [9.17, 15) is 30.0 Å². The van der Waals surface area contributed by atoms with Gasteiger partial charge in [-0.1, -0.05) is 6.92 Å². The average molecular weight is 419 g/mol. The Balaban J connectivity index is 1.54. The third-order valence-electron chi connectivity index (χ3n) is 9.92. The minimum Gasteiger partial charge on any atom is -0.549 e. The summed E-state index contributed by atoms with van der Waals surface area (Å²) in [5.74, 6) is -2.19. The Morgan fingerprint density at radius 3 is 2.50 bits per heavy atom. The monoisotopic (exact) mass is 419 g/mol. The fourth-order valence-electron chi connectivity index (χ4n) is 8.47. The number of hydrogen-bond acceptors (Lipinski definition) is 7. The SMILES string of the molecule is C[C@]12CC[C@H]3[C@@H](CC[C@@]4(O)C[C@@H](O)CC[C@]34C(=O)[O-])[C@]1(O)CC[C@H]2C1=CC(=O)OC1. The number of esters is 1. The van der Waals surface area contributed by atoms with Gasteiger partial charge in [0.25, 0.3) is 0 Å². The molecule has 3 N–H and O–H groups in total. The van der Waals surface area contributed by atoms with Crippen molar-refractivity contribution in [1.82, 2.24) is 0 Å². The fraction of sp³-hybridized carbons (Fsp3) is 0.826. The number of carbonyl (C=O) groups excluding carboxylic acids is 2. The van der Waals surface area contributed by atoms with E-state index >= 15 is 0 Å². The molecule has 0 aromatic rings. The molecule has 7 nitrogen and oxygen atoms in total. The first-order chi connectivity index (χ1) is 14.1. The molecular weight excluding hydrogens is 388 g/mol. The molecule has 0 aromatic heterocycles. The number of carboxylic acid groups (broad SMARTS) is 1. The van der Waals surface area contributed by atoms with Crippen LogP contribution in [0.25, 0.3) is 0 Å². The number of hydrogen-bond donors (Lipinski definition) is 3. The summed E-state index contributed by atoms with van der Waals surface area (Å²) in [6.45, 7) is 2.34. The second-order valence-electron chi connectivity index (χ2n) is 10.7. The molecule has 0 saturated heterocycles. The van der Waals surface area contributed by atoms with Crippen LogP contribution in [0.3, 0.4) is 0 Å². The van der Waals surface area contributed by atoms with E-state index in [1.54, 1.807) is 6.08 Å². The van der Waals surface area contributed by atoms with Gasteiger partial charge < -0.3 is 30.0 Å². The Kier molecular flexibility index (Phi) is 4.30. The van der Waals surface area contributed by atoms with Gasteiger partial charge in [0.05, 0.1) is 23.3 Å². The molecule has 0 unspecified atom stereocenters. The predicted molar refractivity (Wildman–Crippen MR) is 103 cm³/mol. The first-order valence-corrected chi connectivity index (χ1v) is 11.3. The quantitative estimate of drug-likeness (QED) is 0.555. The minimum atomic E-state index is -1.50. The molecule has 7 heteroatoms. The maximum absolute atomic E-state index is 12.6. The van der Waals surface area contributed by atoms with Crippen molar-refractivity contribution in [3.8, 4) is 0 Å². The van der Waals surface area contributed by atoms with Crippen molar-refractivity contribution in [3.63, 3.8) is 0 Å². The first kappa shape index (κ1) is 20.5. The molecule has 1 aliphatic heterocycles. The lowest BCUT2D eigenvalue weighted by molar-refractivity contribution is -0.350. The Hall–Kier alpha value is -1.44. The van der Waals surface area contributed by atoms with E-state index in [0.717, 1.165) is 12.0 Å². The van der Waals surface area contributed by atoms with Crippen molar-refractivity contribution in [2.24, 2.45) is 28.6 Å². The summed E-state index contributed by atoms with van der Waals surface area (Å²) in [5, 5.41) is 46.2. The van der Waals surface area contributed by atoms with Crippen LogP contribution >= 0.6 is 0 Å². The zero-order valence-electron chi connectivity index (χ0n) is 17.4. The van der Waals surface area contributed by atoms with Crippen molar-refractivity contribution < 1.29 is 34.8 Å². The number of carbonyl (C=O) groups is 2. The molecule has 1 heterocycles. The van der Waals surface area contributed by atoms with Crippen LogP contribution in [0.2, 0.25) is 0 Å². The highest BCUT2D eigenvalue weighted by Gasteiger charge is 2.71. The summed E-state index contributed by atoms with van der Waals surface area (Å²) in [5.41, 5.74) is -3.53. The molecular formula is C23H31O7-. The highest BCUT2D eigenvalue weighted by atomic mass is 16.5. The molecule has 4 aliphatic carbocycles. The van der Waals surface area contributed by atoms with E-state index in [1.165, 1.54) is 0 Å². The Bertz CT molecular complexity index is 822. The number of cyclic esters (lactones) is 1. The van der Waals surface area contributed by atoms with Crippen LogP contribution in [0.1, 0.15) is 64.7 Å². The summed E-state index contributed by atoms with van der Waals surface area (Å²) in [6, 6.07) is 0. The molecule has 166 valence electrons. The molecule has 0 amide bonds.